The molecule has 0 spiro atoms. The Kier molecular flexibility index (Phi) is 6.87. The van der Waals surface area contributed by atoms with E-state index in [9.17, 15) is 9.90 Å². The Hall–Kier alpha value is -2.34. The molecular formula is C21H30N4O2. The maximum atomic E-state index is 12.4. The van der Waals surface area contributed by atoms with E-state index < -0.39 is 0 Å². The lowest BCUT2D eigenvalue weighted by Crippen LogP contribution is -2.45. The van der Waals surface area contributed by atoms with E-state index in [0.29, 0.717) is 19.6 Å². The third-order valence-electron chi connectivity index (χ3n) is 5.40. The van der Waals surface area contributed by atoms with Crippen LogP contribution in [-0.2, 0) is 19.5 Å². The Morgan fingerprint density at radius 3 is 2.67 bits per heavy atom. The number of nitrogens with one attached hydrogen (secondary N) is 1. The zero-order valence-corrected chi connectivity index (χ0v) is 16.1. The number of amides is 2. The van der Waals surface area contributed by atoms with Gasteiger partial charge < -0.3 is 15.3 Å². The summed E-state index contributed by atoms with van der Waals surface area (Å²) in [5.41, 5.74) is 2.27. The first-order chi connectivity index (χ1) is 13.2. The highest BCUT2D eigenvalue weighted by Gasteiger charge is 2.27. The number of hydrogen-bond donors (Lipinski definition) is 2. The average Bonchev–Trinajstić information content (AvgIpc) is 3.19. The predicted molar refractivity (Wildman–Crippen MR) is 105 cm³/mol. The number of aliphatic hydroxyl groups excluding tert-OH is 1. The normalized spacial score (nSPS) is 16.3. The highest BCUT2D eigenvalue weighted by Crippen LogP contribution is 2.23. The number of urea groups is 1. The molecule has 1 atom stereocenters. The van der Waals surface area contributed by atoms with Crippen LogP contribution in [0.2, 0.25) is 0 Å². The molecule has 146 valence electrons. The zero-order valence-electron chi connectivity index (χ0n) is 16.1. The fourth-order valence-corrected chi connectivity index (χ4v) is 3.64. The third-order valence-corrected chi connectivity index (χ3v) is 5.40. The van der Waals surface area contributed by atoms with Crippen LogP contribution in [0.4, 0.5) is 4.79 Å². The van der Waals surface area contributed by atoms with Crippen molar-refractivity contribution in [1.82, 2.24) is 20.0 Å². The van der Waals surface area contributed by atoms with Crippen LogP contribution in [-0.4, -0.2) is 45.0 Å². The van der Waals surface area contributed by atoms with E-state index in [4.69, 9.17) is 0 Å². The summed E-state index contributed by atoms with van der Waals surface area (Å²) in [5, 5.41) is 17.7. The van der Waals surface area contributed by atoms with Crippen LogP contribution in [0, 0.1) is 5.92 Å². The monoisotopic (exact) mass is 370 g/mol. The lowest BCUT2D eigenvalue weighted by atomic mass is 9.88. The number of aliphatic hydroxyl groups is 1. The molecule has 2 heterocycles. The number of carbonyl (C=O) groups excluding carboxylic acids is 1. The Labute approximate surface area is 161 Å². The SMILES string of the molecule is CCn1cc(CNC(=O)N2CCC([C@@H](O)CCc3ccccc3)CC2)cn1. The smallest absolute Gasteiger partial charge is 0.317 e. The summed E-state index contributed by atoms with van der Waals surface area (Å²) in [6, 6.07) is 10.2. The van der Waals surface area contributed by atoms with Crippen LogP contribution >= 0.6 is 0 Å². The third kappa shape index (κ3) is 5.57. The lowest BCUT2D eigenvalue weighted by Gasteiger charge is -2.34. The van der Waals surface area contributed by atoms with Crippen LogP contribution in [0.5, 0.6) is 0 Å². The molecule has 2 amide bonds. The van der Waals surface area contributed by atoms with E-state index in [-0.39, 0.29) is 18.1 Å². The van der Waals surface area contributed by atoms with Crippen molar-refractivity contribution in [3.05, 3.63) is 53.9 Å². The highest BCUT2D eigenvalue weighted by atomic mass is 16.3. The Morgan fingerprint density at radius 1 is 1.26 bits per heavy atom. The fraction of sp³-hybridized carbons (Fsp3) is 0.524. The molecule has 1 saturated heterocycles. The van der Waals surface area contributed by atoms with Crippen LogP contribution < -0.4 is 5.32 Å². The summed E-state index contributed by atoms with van der Waals surface area (Å²) in [4.78, 5) is 14.2. The summed E-state index contributed by atoms with van der Waals surface area (Å²) >= 11 is 0. The molecule has 3 rings (SSSR count). The molecule has 0 saturated carbocycles. The van der Waals surface area contributed by atoms with Gasteiger partial charge in [-0.15, -0.1) is 0 Å². The molecule has 1 aliphatic heterocycles. The molecule has 27 heavy (non-hydrogen) atoms. The van der Waals surface area contributed by atoms with Crippen molar-refractivity contribution in [2.45, 2.75) is 51.8 Å². The molecule has 1 aromatic heterocycles. The van der Waals surface area contributed by atoms with E-state index in [1.807, 2.05) is 40.9 Å². The number of hydrogen-bond acceptors (Lipinski definition) is 3. The van der Waals surface area contributed by atoms with Crippen molar-refractivity contribution in [2.24, 2.45) is 5.92 Å². The highest BCUT2D eigenvalue weighted by molar-refractivity contribution is 5.74. The van der Waals surface area contributed by atoms with Gasteiger partial charge in [0.2, 0.25) is 0 Å². The lowest BCUT2D eigenvalue weighted by molar-refractivity contribution is 0.0610. The topological polar surface area (TPSA) is 70.4 Å². The fourth-order valence-electron chi connectivity index (χ4n) is 3.64. The molecule has 1 fully saturated rings. The largest absolute Gasteiger partial charge is 0.393 e. The molecule has 0 radical (unpaired) electrons. The van der Waals surface area contributed by atoms with Crippen LogP contribution in [0.1, 0.15) is 37.3 Å². The van der Waals surface area contributed by atoms with Gasteiger partial charge in [0.05, 0.1) is 12.3 Å². The van der Waals surface area contributed by atoms with Gasteiger partial charge in [0.15, 0.2) is 0 Å². The predicted octanol–water partition coefficient (Wildman–Crippen LogP) is 2.82. The molecule has 2 aromatic rings. The molecule has 1 aromatic carbocycles. The minimum Gasteiger partial charge on any atom is -0.393 e. The second-order valence-electron chi connectivity index (χ2n) is 7.28. The molecule has 1 aliphatic rings. The van der Waals surface area contributed by atoms with Crippen molar-refractivity contribution in [3.8, 4) is 0 Å². The van der Waals surface area contributed by atoms with Crippen molar-refractivity contribution in [2.75, 3.05) is 13.1 Å². The van der Waals surface area contributed by atoms with Crippen LogP contribution in [0.25, 0.3) is 0 Å². The Morgan fingerprint density at radius 2 is 2.00 bits per heavy atom. The van der Waals surface area contributed by atoms with E-state index in [2.05, 4.69) is 22.5 Å². The van der Waals surface area contributed by atoms with Gasteiger partial charge in [0.1, 0.15) is 0 Å². The van der Waals surface area contributed by atoms with Gasteiger partial charge in [-0.2, -0.15) is 5.10 Å². The first-order valence-electron chi connectivity index (χ1n) is 9.91. The quantitative estimate of drug-likeness (QED) is 0.787. The summed E-state index contributed by atoms with van der Waals surface area (Å²) in [6.45, 7) is 4.76. The maximum absolute atomic E-state index is 12.4. The number of piperidine rings is 1. The molecule has 2 N–H and O–H groups in total. The Balaban J connectivity index is 1.38. The van der Waals surface area contributed by atoms with Gasteiger partial charge in [0.25, 0.3) is 0 Å². The summed E-state index contributed by atoms with van der Waals surface area (Å²) < 4.78 is 1.85. The number of likely N-dealkylation sites (tertiary alicyclic amines) is 1. The van der Waals surface area contributed by atoms with Crippen molar-refractivity contribution < 1.29 is 9.90 Å². The molecule has 6 nitrogen and oxygen atoms in total. The first kappa shape index (κ1) is 19.4. The minimum atomic E-state index is -0.296. The minimum absolute atomic E-state index is 0.0310. The van der Waals surface area contributed by atoms with Gasteiger partial charge in [-0.3, -0.25) is 4.68 Å². The number of benzene rings is 1. The average molecular weight is 370 g/mol. The number of rotatable bonds is 7. The van der Waals surface area contributed by atoms with E-state index >= 15 is 0 Å². The van der Waals surface area contributed by atoms with E-state index in [0.717, 1.165) is 37.8 Å². The van der Waals surface area contributed by atoms with Crippen molar-refractivity contribution in [3.63, 3.8) is 0 Å². The van der Waals surface area contributed by atoms with Crippen LogP contribution in [0.15, 0.2) is 42.7 Å². The summed E-state index contributed by atoms with van der Waals surface area (Å²) in [6.07, 6.45) is 6.84. The van der Waals surface area contributed by atoms with Gasteiger partial charge in [-0.25, -0.2) is 4.79 Å². The number of carbonyl (C=O) groups is 1. The Bertz CT molecular complexity index is 708. The van der Waals surface area contributed by atoms with Gasteiger partial charge >= 0.3 is 6.03 Å². The van der Waals surface area contributed by atoms with Gasteiger partial charge in [0, 0.05) is 37.9 Å². The molecule has 0 aliphatic carbocycles. The molecule has 0 bridgehead atoms. The van der Waals surface area contributed by atoms with E-state index in [1.54, 1.807) is 6.20 Å². The number of nitrogens with zero attached hydrogens (tertiary/aromatic N) is 3. The molecular weight excluding hydrogens is 340 g/mol. The summed E-state index contributed by atoms with van der Waals surface area (Å²) in [7, 11) is 0. The summed E-state index contributed by atoms with van der Waals surface area (Å²) in [5.74, 6) is 0.278. The van der Waals surface area contributed by atoms with Gasteiger partial charge in [-0.05, 0) is 44.1 Å². The molecule has 0 unspecified atom stereocenters. The van der Waals surface area contributed by atoms with Crippen LogP contribution in [0.3, 0.4) is 0 Å². The first-order valence-corrected chi connectivity index (χ1v) is 9.91. The number of aromatic nitrogens is 2. The van der Waals surface area contributed by atoms with E-state index in [1.165, 1.54) is 5.56 Å². The van der Waals surface area contributed by atoms with Crippen molar-refractivity contribution in [1.29, 1.82) is 0 Å². The second-order valence-corrected chi connectivity index (χ2v) is 7.28. The number of aryl methyl sites for hydroxylation is 2. The zero-order chi connectivity index (χ0) is 19.1. The second kappa shape index (κ2) is 9.55. The van der Waals surface area contributed by atoms with Gasteiger partial charge in [-0.1, -0.05) is 30.3 Å². The molecule has 6 heteroatoms. The standard InChI is InChI=1S/C21H30N4O2/c1-2-25-16-18(15-23-25)14-22-21(27)24-12-10-19(11-13-24)20(26)9-8-17-6-4-3-5-7-17/h3-7,15-16,19-20,26H,2,8-14H2,1H3,(H,22,27)/t20-/m0/s1. The maximum Gasteiger partial charge on any atom is 0.317 e. The van der Waals surface area contributed by atoms with Crippen molar-refractivity contribution >= 4 is 6.03 Å².